The van der Waals surface area contributed by atoms with Crippen molar-refractivity contribution in [3.05, 3.63) is 52.3 Å². The number of non-ortho nitro benzene ring substituents is 1. The quantitative estimate of drug-likeness (QED) is 0.299. The Balaban J connectivity index is 1.31. The number of nitro groups is 1. The number of hydrogen-bond acceptors (Lipinski definition) is 10. The molecular weight excluding hydrogens is 448 g/mol. The van der Waals surface area contributed by atoms with E-state index >= 15 is 0 Å². The van der Waals surface area contributed by atoms with Gasteiger partial charge in [0.15, 0.2) is 0 Å². The minimum absolute atomic E-state index is 0.0384. The van der Waals surface area contributed by atoms with Crippen LogP contribution in [-0.4, -0.2) is 52.3 Å². The summed E-state index contributed by atoms with van der Waals surface area (Å²) in [5.41, 5.74) is 3.73. The summed E-state index contributed by atoms with van der Waals surface area (Å²) in [6, 6.07) is 9.81. The van der Waals surface area contributed by atoms with Crippen LogP contribution in [0.4, 0.5) is 23.5 Å². The summed E-state index contributed by atoms with van der Waals surface area (Å²) in [7, 11) is 0. The van der Waals surface area contributed by atoms with Gasteiger partial charge in [0.05, 0.1) is 11.1 Å². The molecule has 0 unspecified atom stereocenters. The van der Waals surface area contributed by atoms with Gasteiger partial charge in [-0.15, -0.1) is 0 Å². The number of benzene rings is 1. The zero-order chi connectivity index (χ0) is 24.0. The molecule has 3 aromatic rings. The van der Waals surface area contributed by atoms with Crippen LogP contribution < -0.4 is 15.2 Å². The standard InChI is InChI=1S/C24H28N8O3/c33-32(34)19-9-7-18(8-10-19)21-12-11-20(35-21)17-25-29-22-26-23(30-13-3-1-4-14-30)28-24(27-22)31-15-5-2-6-16-31/h7-12,17H,1-6,13-16H2,(H,26,27,28,29). The SMILES string of the molecule is O=[N+]([O-])c1ccc(-c2ccc(C=NNc3nc(N4CCCCC4)nc(N4CCCCC4)n3)o2)cc1. The fraction of sp³-hybridized carbons (Fsp3) is 0.417. The Hall–Kier alpha value is -4.02. The third kappa shape index (κ3) is 5.56. The Morgan fingerprint density at radius 2 is 1.46 bits per heavy atom. The van der Waals surface area contributed by atoms with Crippen LogP contribution in [0.1, 0.15) is 44.3 Å². The van der Waals surface area contributed by atoms with Crippen molar-refractivity contribution in [2.75, 3.05) is 41.4 Å². The molecule has 0 spiro atoms. The molecule has 2 aliphatic heterocycles. The molecule has 1 N–H and O–H groups in total. The summed E-state index contributed by atoms with van der Waals surface area (Å²) in [5, 5.41) is 15.1. The lowest BCUT2D eigenvalue weighted by Gasteiger charge is -2.30. The summed E-state index contributed by atoms with van der Waals surface area (Å²) < 4.78 is 5.82. The van der Waals surface area contributed by atoms with E-state index in [-0.39, 0.29) is 5.69 Å². The van der Waals surface area contributed by atoms with Gasteiger partial charge in [-0.05, 0) is 62.8 Å². The van der Waals surface area contributed by atoms with E-state index in [4.69, 9.17) is 9.40 Å². The molecule has 0 atom stereocenters. The number of anilines is 3. The van der Waals surface area contributed by atoms with Crippen molar-refractivity contribution in [2.24, 2.45) is 5.10 Å². The Morgan fingerprint density at radius 1 is 0.857 bits per heavy atom. The maximum Gasteiger partial charge on any atom is 0.269 e. The van der Waals surface area contributed by atoms with Gasteiger partial charge in [-0.2, -0.15) is 20.1 Å². The first-order valence-electron chi connectivity index (χ1n) is 12.1. The van der Waals surface area contributed by atoms with Gasteiger partial charge in [-0.25, -0.2) is 5.43 Å². The number of nitro benzene ring substituents is 1. The number of aromatic nitrogens is 3. The van der Waals surface area contributed by atoms with E-state index in [1.807, 2.05) is 0 Å². The van der Waals surface area contributed by atoms with E-state index in [0.717, 1.165) is 57.4 Å². The van der Waals surface area contributed by atoms with E-state index in [0.29, 0.717) is 29.4 Å². The molecule has 2 aliphatic rings. The zero-order valence-corrected chi connectivity index (χ0v) is 19.5. The Bertz CT molecular complexity index is 1150. The molecule has 5 rings (SSSR count). The zero-order valence-electron chi connectivity index (χ0n) is 19.5. The molecule has 0 saturated carbocycles. The molecule has 35 heavy (non-hydrogen) atoms. The number of piperidine rings is 2. The first kappa shape index (κ1) is 22.8. The third-order valence-corrected chi connectivity index (χ3v) is 6.24. The molecule has 0 aliphatic carbocycles. The van der Waals surface area contributed by atoms with Crippen molar-refractivity contribution in [1.29, 1.82) is 0 Å². The molecule has 4 heterocycles. The average Bonchev–Trinajstić information content (AvgIpc) is 3.38. The first-order chi connectivity index (χ1) is 17.2. The van der Waals surface area contributed by atoms with Crippen LogP contribution in [0.25, 0.3) is 11.3 Å². The average molecular weight is 477 g/mol. The lowest BCUT2D eigenvalue weighted by atomic mass is 10.1. The maximum absolute atomic E-state index is 10.8. The van der Waals surface area contributed by atoms with E-state index < -0.39 is 4.92 Å². The minimum atomic E-state index is -0.426. The topological polar surface area (TPSA) is 126 Å². The second-order valence-corrected chi connectivity index (χ2v) is 8.73. The Labute approximate surface area is 203 Å². The van der Waals surface area contributed by atoms with Crippen molar-refractivity contribution in [1.82, 2.24) is 15.0 Å². The number of nitrogens with zero attached hydrogens (tertiary/aromatic N) is 7. The van der Waals surface area contributed by atoms with Crippen LogP contribution in [0, 0.1) is 10.1 Å². The van der Waals surface area contributed by atoms with E-state index in [9.17, 15) is 10.1 Å². The number of hydrogen-bond donors (Lipinski definition) is 1. The summed E-state index contributed by atoms with van der Waals surface area (Å²) >= 11 is 0. The molecule has 0 radical (unpaired) electrons. The summed E-state index contributed by atoms with van der Waals surface area (Å²) in [6.07, 6.45) is 8.59. The van der Waals surface area contributed by atoms with Crippen molar-refractivity contribution in [3.63, 3.8) is 0 Å². The smallest absolute Gasteiger partial charge is 0.269 e. The summed E-state index contributed by atoms with van der Waals surface area (Å²) in [4.78, 5) is 28.9. The molecule has 182 valence electrons. The highest BCUT2D eigenvalue weighted by atomic mass is 16.6. The van der Waals surface area contributed by atoms with Gasteiger partial charge in [0.1, 0.15) is 11.5 Å². The van der Waals surface area contributed by atoms with Crippen LogP contribution in [0.5, 0.6) is 0 Å². The number of rotatable bonds is 7. The lowest BCUT2D eigenvalue weighted by molar-refractivity contribution is -0.384. The normalized spacial score (nSPS) is 16.6. The number of furan rings is 1. The highest BCUT2D eigenvalue weighted by Crippen LogP contribution is 2.25. The van der Waals surface area contributed by atoms with Gasteiger partial charge in [0.2, 0.25) is 17.8 Å². The second kappa shape index (κ2) is 10.5. The van der Waals surface area contributed by atoms with Gasteiger partial charge >= 0.3 is 0 Å². The number of hydrazone groups is 1. The Kier molecular flexibility index (Phi) is 6.82. The van der Waals surface area contributed by atoms with E-state index in [1.54, 1.807) is 30.5 Å². The monoisotopic (exact) mass is 476 g/mol. The maximum atomic E-state index is 10.8. The first-order valence-corrected chi connectivity index (χ1v) is 12.1. The molecule has 2 fully saturated rings. The molecule has 11 nitrogen and oxygen atoms in total. The van der Waals surface area contributed by atoms with Crippen molar-refractivity contribution in [2.45, 2.75) is 38.5 Å². The lowest BCUT2D eigenvalue weighted by Crippen LogP contribution is -2.34. The minimum Gasteiger partial charge on any atom is -0.455 e. The second-order valence-electron chi connectivity index (χ2n) is 8.73. The largest absolute Gasteiger partial charge is 0.455 e. The molecule has 1 aromatic carbocycles. The van der Waals surface area contributed by atoms with E-state index in [1.165, 1.54) is 25.0 Å². The molecule has 2 saturated heterocycles. The van der Waals surface area contributed by atoms with Crippen molar-refractivity contribution < 1.29 is 9.34 Å². The fourth-order valence-electron chi connectivity index (χ4n) is 4.35. The van der Waals surface area contributed by atoms with Crippen molar-refractivity contribution >= 4 is 29.7 Å². The van der Waals surface area contributed by atoms with Crippen LogP contribution in [0.2, 0.25) is 0 Å². The molecule has 2 aromatic heterocycles. The van der Waals surface area contributed by atoms with Gasteiger partial charge in [0, 0.05) is 43.9 Å². The van der Waals surface area contributed by atoms with Crippen LogP contribution >= 0.6 is 0 Å². The molecule has 0 amide bonds. The van der Waals surface area contributed by atoms with Gasteiger partial charge < -0.3 is 14.2 Å². The number of nitrogens with one attached hydrogen (secondary N) is 1. The molecular formula is C24H28N8O3. The van der Waals surface area contributed by atoms with Crippen molar-refractivity contribution in [3.8, 4) is 11.3 Å². The van der Waals surface area contributed by atoms with Gasteiger partial charge in [0.25, 0.3) is 5.69 Å². The molecule has 11 heteroatoms. The highest BCUT2D eigenvalue weighted by Gasteiger charge is 2.20. The van der Waals surface area contributed by atoms with Crippen LogP contribution in [-0.2, 0) is 0 Å². The van der Waals surface area contributed by atoms with Crippen LogP contribution in [0.3, 0.4) is 0 Å². The summed E-state index contributed by atoms with van der Waals surface area (Å²) in [6.45, 7) is 3.79. The third-order valence-electron chi connectivity index (χ3n) is 6.24. The predicted molar refractivity (Wildman–Crippen MR) is 134 cm³/mol. The Morgan fingerprint density at radius 3 is 2.03 bits per heavy atom. The van der Waals surface area contributed by atoms with Crippen LogP contribution in [0.15, 0.2) is 45.9 Å². The highest BCUT2D eigenvalue weighted by molar-refractivity contribution is 5.78. The van der Waals surface area contributed by atoms with E-state index in [2.05, 4.69) is 30.3 Å². The fourth-order valence-corrected chi connectivity index (χ4v) is 4.35. The van der Waals surface area contributed by atoms with Gasteiger partial charge in [-0.1, -0.05) is 0 Å². The predicted octanol–water partition coefficient (Wildman–Crippen LogP) is 4.47. The summed E-state index contributed by atoms with van der Waals surface area (Å²) in [5.74, 6) is 2.92. The molecule has 0 bridgehead atoms. The van der Waals surface area contributed by atoms with Gasteiger partial charge in [-0.3, -0.25) is 10.1 Å².